The molecule has 0 spiro atoms. The van der Waals surface area contributed by atoms with Gasteiger partial charge in [0.1, 0.15) is 0 Å². The second-order valence-corrected chi connectivity index (χ2v) is 2.47. The average Bonchev–Trinajstić information content (AvgIpc) is 1.83. The van der Waals surface area contributed by atoms with E-state index in [-0.39, 0.29) is 6.15 Å². The van der Waals surface area contributed by atoms with Crippen molar-refractivity contribution in [2.24, 2.45) is 5.92 Å². The fourth-order valence-corrected chi connectivity index (χ4v) is 1.11. The lowest BCUT2D eigenvalue weighted by atomic mass is 9.98. The van der Waals surface area contributed by atoms with E-state index < -0.39 is 0 Å². The summed E-state index contributed by atoms with van der Waals surface area (Å²) < 4.78 is 0. The van der Waals surface area contributed by atoms with Crippen molar-refractivity contribution in [2.45, 2.75) is 46.5 Å². The molecule has 58 valence electrons. The Morgan fingerprint density at radius 2 is 1.44 bits per heavy atom. The zero-order chi connectivity index (χ0) is 6.41. The normalized spacial score (nSPS) is 9.33. The second kappa shape index (κ2) is 7.96. The summed E-state index contributed by atoms with van der Waals surface area (Å²) in [7, 11) is 0. The van der Waals surface area contributed by atoms with E-state index in [0.29, 0.717) is 0 Å². The van der Waals surface area contributed by atoms with Gasteiger partial charge < -0.3 is 6.15 Å². The lowest BCUT2D eigenvalue weighted by molar-refractivity contribution is 0.451. The molecule has 0 fully saturated rings. The van der Waals surface area contributed by atoms with Gasteiger partial charge in [0.05, 0.1) is 0 Å². The quantitative estimate of drug-likeness (QED) is 0.623. The molecule has 0 aromatic heterocycles. The van der Waals surface area contributed by atoms with Crippen molar-refractivity contribution < 1.29 is 0 Å². The molecule has 0 rings (SSSR count). The van der Waals surface area contributed by atoms with Gasteiger partial charge in [0.2, 0.25) is 0 Å². The van der Waals surface area contributed by atoms with Crippen molar-refractivity contribution in [3.8, 4) is 0 Å². The molecule has 0 aliphatic carbocycles. The van der Waals surface area contributed by atoms with Crippen molar-refractivity contribution >= 4 is 0 Å². The van der Waals surface area contributed by atoms with Crippen LogP contribution in [0, 0.1) is 5.92 Å². The minimum atomic E-state index is 0. The van der Waals surface area contributed by atoms with Crippen LogP contribution in [0.5, 0.6) is 0 Å². The lowest BCUT2D eigenvalue weighted by Gasteiger charge is -2.08. The van der Waals surface area contributed by atoms with Gasteiger partial charge in [-0.05, 0) is 5.92 Å². The third-order valence-corrected chi connectivity index (χ3v) is 1.85. The highest BCUT2D eigenvalue weighted by atomic mass is 14.0. The predicted molar refractivity (Wildman–Crippen MR) is 44.0 cm³/mol. The predicted octanol–water partition coefficient (Wildman–Crippen LogP) is 3.38. The molecule has 0 atom stereocenters. The number of hydrogen-bond donors (Lipinski definition) is 1. The third-order valence-electron chi connectivity index (χ3n) is 1.85. The van der Waals surface area contributed by atoms with Gasteiger partial charge in [-0.3, -0.25) is 0 Å². The minimum absolute atomic E-state index is 0. The van der Waals surface area contributed by atoms with Crippen LogP contribution in [0.4, 0.5) is 0 Å². The van der Waals surface area contributed by atoms with Crippen LogP contribution in [0.2, 0.25) is 0 Å². The Morgan fingerprint density at radius 1 is 1.00 bits per heavy atom. The van der Waals surface area contributed by atoms with Crippen molar-refractivity contribution in [3.05, 3.63) is 0 Å². The fourth-order valence-electron chi connectivity index (χ4n) is 1.11. The Balaban J connectivity index is 0. The molecule has 0 aromatic carbocycles. The number of rotatable bonds is 4. The van der Waals surface area contributed by atoms with Crippen molar-refractivity contribution in [3.63, 3.8) is 0 Å². The molecule has 1 heteroatoms. The molecule has 0 heterocycles. The molecule has 0 amide bonds. The minimum Gasteiger partial charge on any atom is -0.344 e. The summed E-state index contributed by atoms with van der Waals surface area (Å²) >= 11 is 0. The van der Waals surface area contributed by atoms with Gasteiger partial charge in [-0.2, -0.15) is 0 Å². The molecule has 0 bridgehead atoms. The third kappa shape index (κ3) is 5.84. The maximum atomic E-state index is 2.28. The summed E-state index contributed by atoms with van der Waals surface area (Å²) in [4.78, 5) is 0. The van der Waals surface area contributed by atoms with Gasteiger partial charge in [0.25, 0.3) is 0 Å². The molecule has 0 radical (unpaired) electrons. The average molecular weight is 131 g/mol. The molecule has 0 saturated carbocycles. The van der Waals surface area contributed by atoms with Crippen molar-refractivity contribution in [1.29, 1.82) is 0 Å². The Bertz CT molecular complexity index is 39.8. The zero-order valence-electron chi connectivity index (χ0n) is 7.11. The van der Waals surface area contributed by atoms with Crippen LogP contribution in [0.1, 0.15) is 46.5 Å². The monoisotopic (exact) mass is 131 g/mol. The molecule has 3 N–H and O–H groups in total. The van der Waals surface area contributed by atoms with E-state index in [2.05, 4.69) is 20.8 Å². The van der Waals surface area contributed by atoms with Crippen LogP contribution in [-0.4, -0.2) is 0 Å². The summed E-state index contributed by atoms with van der Waals surface area (Å²) in [5, 5.41) is 0. The van der Waals surface area contributed by atoms with Gasteiger partial charge in [-0.15, -0.1) is 0 Å². The Morgan fingerprint density at radius 3 is 1.56 bits per heavy atom. The topological polar surface area (TPSA) is 35.0 Å². The maximum Gasteiger partial charge on any atom is -0.0420 e. The SMILES string of the molecule is CCCC(CC)CC.N. The van der Waals surface area contributed by atoms with Crippen LogP contribution in [-0.2, 0) is 0 Å². The number of hydrogen-bond acceptors (Lipinski definition) is 1. The summed E-state index contributed by atoms with van der Waals surface area (Å²) in [6.45, 7) is 6.83. The first-order chi connectivity index (χ1) is 3.85. The molecule has 0 aromatic rings. The molecule has 0 unspecified atom stereocenters. The van der Waals surface area contributed by atoms with Crippen LogP contribution in [0.3, 0.4) is 0 Å². The van der Waals surface area contributed by atoms with Crippen LogP contribution in [0.15, 0.2) is 0 Å². The van der Waals surface area contributed by atoms with Gasteiger partial charge >= 0.3 is 0 Å². The van der Waals surface area contributed by atoms with Gasteiger partial charge in [0, 0.05) is 0 Å². The van der Waals surface area contributed by atoms with Crippen molar-refractivity contribution in [2.75, 3.05) is 0 Å². The fraction of sp³-hybridized carbons (Fsp3) is 1.00. The Labute approximate surface area is 59.4 Å². The first-order valence-corrected chi connectivity index (χ1v) is 3.85. The van der Waals surface area contributed by atoms with E-state index in [4.69, 9.17) is 0 Å². The molecule has 0 saturated heterocycles. The molecular formula is C8H21N. The molecule has 0 aliphatic heterocycles. The van der Waals surface area contributed by atoms with Crippen LogP contribution in [0.25, 0.3) is 0 Å². The summed E-state index contributed by atoms with van der Waals surface area (Å²) in [6, 6.07) is 0. The first-order valence-electron chi connectivity index (χ1n) is 3.85. The highest BCUT2D eigenvalue weighted by molar-refractivity contribution is 4.51. The van der Waals surface area contributed by atoms with E-state index in [1.54, 1.807) is 0 Å². The summed E-state index contributed by atoms with van der Waals surface area (Å²) in [6.07, 6.45) is 5.51. The zero-order valence-corrected chi connectivity index (χ0v) is 7.11. The Hall–Kier alpha value is -0.0400. The van der Waals surface area contributed by atoms with E-state index >= 15 is 0 Å². The van der Waals surface area contributed by atoms with Crippen molar-refractivity contribution in [1.82, 2.24) is 6.15 Å². The van der Waals surface area contributed by atoms with Crippen LogP contribution < -0.4 is 6.15 Å². The maximum absolute atomic E-state index is 2.28. The molecule has 0 aliphatic rings. The second-order valence-electron chi connectivity index (χ2n) is 2.47. The van der Waals surface area contributed by atoms with Crippen LogP contribution >= 0.6 is 0 Å². The molecule has 9 heavy (non-hydrogen) atoms. The highest BCUT2D eigenvalue weighted by Gasteiger charge is 1.98. The lowest BCUT2D eigenvalue weighted by Crippen LogP contribution is -1.94. The van der Waals surface area contributed by atoms with E-state index in [1.165, 1.54) is 25.7 Å². The Kier molecular flexibility index (Phi) is 10.4. The van der Waals surface area contributed by atoms with Gasteiger partial charge in [0.15, 0.2) is 0 Å². The molecular weight excluding hydrogens is 110 g/mol. The molecule has 1 nitrogen and oxygen atoms in total. The smallest absolute Gasteiger partial charge is 0.0420 e. The largest absolute Gasteiger partial charge is 0.344 e. The summed E-state index contributed by atoms with van der Waals surface area (Å²) in [5.41, 5.74) is 0. The first kappa shape index (κ1) is 11.7. The summed E-state index contributed by atoms with van der Waals surface area (Å²) in [5.74, 6) is 1.000. The van der Waals surface area contributed by atoms with E-state index in [1.807, 2.05) is 0 Å². The standard InChI is InChI=1S/C8H18.H3N/c1-4-7-8(5-2)6-3;/h8H,4-7H2,1-3H3;1H3. The van der Waals surface area contributed by atoms with Gasteiger partial charge in [-0.1, -0.05) is 46.5 Å². The van der Waals surface area contributed by atoms with E-state index in [9.17, 15) is 0 Å². The van der Waals surface area contributed by atoms with Gasteiger partial charge in [-0.25, -0.2) is 0 Å². The van der Waals surface area contributed by atoms with E-state index in [0.717, 1.165) is 5.92 Å². The highest BCUT2D eigenvalue weighted by Crippen LogP contribution is 2.13.